The second-order valence-electron chi connectivity index (χ2n) is 5.49. The van der Waals surface area contributed by atoms with Crippen molar-refractivity contribution in [2.75, 3.05) is 33.7 Å². The number of carbonyl (C=O) groups excluding carboxylic acids is 2. The summed E-state index contributed by atoms with van der Waals surface area (Å²) in [5.41, 5.74) is 0. The number of hydrogen-bond acceptors (Lipinski definition) is 4. The van der Waals surface area contributed by atoms with Crippen molar-refractivity contribution in [1.29, 1.82) is 0 Å². The van der Waals surface area contributed by atoms with Gasteiger partial charge in [0.1, 0.15) is 0 Å². The molecule has 1 aromatic rings. The molecule has 1 aromatic heterocycles. The first-order valence-electron chi connectivity index (χ1n) is 7.30. The standard InChI is InChI=1S/C15H23N3O2S/c1-16-15(20)12-5-7-18(8-6-12)11-14(19)17(2)10-13-4-3-9-21-13/h3-4,9,12H,5-8,10-11H2,1-2H3,(H,16,20). The average Bonchev–Trinajstić information content (AvgIpc) is 3.00. The fourth-order valence-electron chi connectivity index (χ4n) is 2.59. The summed E-state index contributed by atoms with van der Waals surface area (Å²) in [6.07, 6.45) is 1.67. The van der Waals surface area contributed by atoms with Crippen LogP contribution in [0.2, 0.25) is 0 Å². The molecule has 0 saturated carbocycles. The molecular formula is C15H23N3O2S. The Morgan fingerprint density at radius 3 is 2.71 bits per heavy atom. The van der Waals surface area contributed by atoms with E-state index < -0.39 is 0 Å². The predicted molar refractivity (Wildman–Crippen MR) is 84.0 cm³/mol. The molecular weight excluding hydrogens is 286 g/mol. The Hall–Kier alpha value is -1.40. The molecule has 0 spiro atoms. The van der Waals surface area contributed by atoms with E-state index in [1.54, 1.807) is 23.3 Å². The number of thiophene rings is 1. The molecule has 0 atom stereocenters. The van der Waals surface area contributed by atoms with Crippen LogP contribution in [0.3, 0.4) is 0 Å². The van der Waals surface area contributed by atoms with E-state index in [1.165, 1.54) is 4.88 Å². The molecule has 1 N–H and O–H groups in total. The summed E-state index contributed by atoms with van der Waals surface area (Å²) in [4.78, 5) is 28.9. The van der Waals surface area contributed by atoms with Crippen molar-refractivity contribution in [3.05, 3.63) is 22.4 Å². The molecule has 21 heavy (non-hydrogen) atoms. The van der Waals surface area contributed by atoms with E-state index in [-0.39, 0.29) is 17.7 Å². The number of rotatable bonds is 5. The van der Waals surface area contributed by atoms with Gasteiger partial charge < -0.3 is 10.2 Å². The van der Waals surface area contributed by atoms with Crippen LogP contribution in [0.1, 0.15) is 17.7 Å². The summed E-state index contributed by atoms with van der Waals surface area (Å²) < 4.78 is 0. The van der Waals surface area contributed by atoms with Crippen LogP contribution >= 0.6 is 11.3 Å². The van der Waals surface area contributed by atoms with E-state index in [2.05, 4.69) is 10.2 Å². The minimum absolute atomic E-state index is 0.102. The highest BCUT2D eigenvalue weighted by Crippen LogP contribution is 2.17. The number of nitrogens with zero attached hydrogens (tertiary/aromatic N) is 2. The van der Waals surface area contributed by atoms with Gasteiger partial charge in [0.15, 0.2) is 0 Å². The second-order valence-corrected chi connectivity index (χ2v) is 6.53. The molecule has 1 aliphatic heterocycles. The van der Waals surface area contributed by atoms with Gasteiger partial charge >= 0.3 is 0 Å². The SMILES string of the molecule is CNC(=O)C1CCN(CC(=O)N(C)Cc2cccs2)CC1. The van der Waals surface area contributed by atoms with E-state index in [0.29, 0.717) is 13.1 Å². The summed E-state index contributed by atoms with van der Waals surface area (Å²) in [5, 5.41) is 4.73. The Balaban J connectivity index is 1.75. The molecule has 1 fully saturated rings. The van der Waals surface area contributed by atoms with Gasteiger partial charge in [-0.2, -0.15) is 0 Å². The Labute approximate surface area is 129 Å². The summed E-state index contributed by atoms with van der Waals surface area (Å²) in [5.74, 6) is 0.364. The third-order valence-corrected chi connectivity index (χ3v) is 4.82. The number of hydrogen-bond donors (Lipinski definition) is 1. The van der Waals surface area contributed by atoms with Gasteiger partial charge in [-0.25, -0.2) is 0 Å². The van der Waals surface area contributed by atoms with Crippen molar-refractivity contribution < 1.29 is 9.59 Å². The largest absolute Gasteiger partial charge is 0.359 e. The maximum atomic E-state index is 12.2. The van der Waals surface area contributed by atoms with Gasteiger partial charge in [0.2, 0.25) is 11.8 Å². The minimum atomic E-state index is 0.102. The van der Waals surface area contributed by atoms with Gasteiger partial charge in [-0.1, -0.05) is 6.07 Å². The lowest BCUT2D eigenvalue weighted by Crippen LogP contribution is -2.44. The summed E-state index contributed by atoms with van der Waals surface area (Å²) >= 11 is 1.67. The van der Waals surface area contributed by atoms with Gasteiger partial charge in [-0.05, 0) is 37.4 Å². The summed E-state index contributed by atoms with van der Waals surface area (Å²) in [6.45, 7) is 2.75. The van der Waals surface area contributed by atoms with Crippen LogP contribution in [-0.2, 0) is 16.1 Å². The molecule has 0 unspecified atom stereocenters. The Morgan fingerprint density at radius 2 is 2.14 bits per heavy atom. The van der Waals surface area contributed by atoms with Crippen molar-refractivity contribution in [3.63, 3.8) is 0 Å². The Kier molecular flexibility index (Phi) is 5.76. The molecule has 0 radical (unpaired) electrons. The predicted octanol–water partition coefficient (Wildman–Crippen LogP) is 1.16. The molecule has 0 aliphatic carbocycles. The number of likely N-dealkylation sites (N-methyl/N-ethyl adjacent to an activating group) is 1. The number of amides is 2. The fraction of sp³-hybridized carbons (Fsp3) is 0.600. The monoisotopic (exact) mass is 309 g/mol. The van der Waals surface area contributed by atoms with Crippen LogP contribution in [0, 0.1) is 5.92 Å². The van der Waals surface area contributed by atoms with Crippen molar-refractivity contribution in [2.45, 2.75) is 19.4 Å². The number of carbonyl (C=O) groups is 2. The lowest BCUT2D eigenvalue weighted by atomic mass is 9.96. The molecule has 6 heteroatoms. The highest BCUT2D eigenvalue weighted by molar-refractivity contribution is 7.09. The normalized spacial score (nSPS) is 16.7. The smallest absolute Gasteiger partial charge is 0.236 e. The fourth-order valence-corrected chi connectivity index (χ4v) is 3.35. The van der Waals surface area contributed by atoms with Crippen molar-refractivity contribution in [1.82, 2.24) is 15.1 Å². The summed E-state index contributed by atoms with van der Waals surface area (Å²) in [6, 6.07) is 4.05. The number of piperidine rings is 1. The average molecular weight is 309 g/mol. The molecule has 2 rings (SSSR count). The minimum Gasteiger partial charge on any atom is -0.359 e. The first kappa shape index (κ1) is 16.0. The second kappa shape index (κ2) is 7.56. The first-order chi connectivity index (χ1) is 10.1. The molecule has 2 amide bonds. The lowest BCUT2D eigenvalue weighted by Gasteiger charge is -2.31. The highest BCUT2D eigenvalue weighted by Gasteiger charge is 2.25. The first-order valence-corrected chi connectivity index (χ1v) is 8.18. The van der Waals surface area contributed by atoms with Crippen LogP contribution in [0.4, 0.5) is 0 Å². The van der Waals surface area contributed by atoms with E-state index in [1.807, 2.05) is 24.6 Å². The number of nitrogens with one attached hydrogen (secondary N) is 1. The van der Waals surface area contributed by atoms with E-state index in [4.69, 9.17) is 0 Å². The third-order valence-electron chi connectivity index (χ3n) is 3.96. The van der Waals surface area contributed by atoms with E-state index >= 15 is 0 Å². The van der Waals surface area contributed by atoms with Crippen LogP contribution in [-0.4, -0.2) is 55.3 Å². The molecule has 0 bridgehead atoms. The van der Waals surface area contributed by atoms with Crippen LogP contribution in [0.15, 0.2) is 17.5 Å². The van der Waals surface area contributed by atoms with Crippen LogP contribution in [0.25, 0.3) is 0 Å². The van der Waals surface area contributed by atoms with Crippen LogP contribution in [0.5, 0.6) is 0 Å². The van der Waals surface area contributed by atoms with Gasteiger partial charge in [0.05, 0.1) is 13.1 Å². The van der Waals surface area contributed by atoms with Crippen molar-refractivity contribution >= 4 is 23.2 Å². The Bertz CT molecular complexity index is 467. The van der Waals surface area contributed by atoms with Crippen molar-refractivity contribution in [2.24, 2.45) is 5.92 Å². The topological polar surface area (TPSA) is 52.7 Å². The molecule has 116 valence electrons. The number of likely N-dealkylation sites (tertiary alicyclic amines) is 1. The van der Waals surface area contributed by atoms with Gasteiger partial charge in [0, 0.05) is 24.9 Å². The zero-order valence-electron chi connectivity index (χ0n) is 12.7. The lowest BCUT2D eigenvalue weighted by molar-refractivity contribution is -0.132. The molecule has 1 saturated heterocycles. The van der Waals surface area contributed by atoms with E-state index in [0.717, 1.165) is 25.9 Å². The van der Waals surface area contributed by atoms with Gasteiger partial charge in [-0.15, -0.1) is 11.3 Å². The van der Waals surface area contributed by atoms with Gasteiger partial charge in [-0.3, -0.25) is 14.5 Å². The van der Waals surface area contributed by atoms with E-state index in [9.17, 15) is 9.59 Å². The maximum Gasteiger partial charge on any atom is 0.236 e. The molecule has 0 aromatic carbocycles. The highest BCUT2D eigenvalue weighted by atomic mass is 32.1. The molecule has 2 heterocycles. The zero-order valence-corrected chi connectivity index (χ0v) is 13.5. The zero-order chi connectivity index (χ0) is 15.2. The third kappa shape index (κ3) is 4.54. The van der Waals surface area contributed by atoms with Crippen molar-refractivity contribution in [3.8, 4) is 0 Å². The summed E-state index contributed by atoms with van der Waals surface area (Å²) in [7, 11) is 3.52. The maximum absolute atomic E-state index is 12.2. The molecule has 1 aliphatic rings. The van der Waals surface area contributed by atoms with Gasteiger partial charge in [0.25, 0.3) is 0 Å². The Morgan fingerprint density at radius 1 is 1.43 bits per heavy atom. The van der Waals surface area contributed by atoms with Crippen LogP contribution < -0.4 is 5.32 Å². The molecule has 5 nitrogen and oxygen atoms in total. The quantitative estimate of drug-likeness (QED) is 0.888.